The fraction of sp³-hybridized carbons (Fsp3) is 0.103. The molecule has 0 aliphatic heterocycles. The van der Waals surface area contributed by atoms with Gasteiger partial charge in [0.25, 0.3) is 0 Å². The van der Waals surface area contributed by atoms with Gasteiger partial charge in [-0.15, -0.1) is 10.2 Å². The van der Waals surface area contributed by atoms with Crippen LogP contribution in [0.25, 0.3) is 11.4 Å². The van der Waals surface area contributed by atoms with Crippen molar-refractivity contribution in [2.75, 3.05) is 5.32 Å². The molecule has 0 aliphatic carbocycles. The summed E-state index contributed by atoms with van der Waals surface area (Å²) >= 11 is 1.39. The zero-order chi connectivity index (χ0) is 24.7. The third-order valence-electron chi connectivity index (χ3n) is 5.70. The highest BCUT2D eigenvalue weighted by Gasteiger charge is 2.26. The maximum Gasteiger partial charge on any atom is 0.242 e. The van der Waals surface area contributed by atoms with Gasteiger partial charge in [-0.3, -0.25) is 14.3 Å². The molecule has 0 fully saturated rings. The smallest absolute Gasteiger partial charge is 0.242 e. The Morgan fingerprint density at radius 2 is 1.61 bits per heavy atom. The van der Waals surface area contributed by atoms with E-state index in [9.17, 15) is 4.79 Å². The lowest BCUT2D eigenvalue weighted by atomic mass is 10.1. The Hall–Kier alpha value is -4.23. The number of amides is 1. The van der Waals surface area contributed by atoms with Gasteiger partial charge in [-0.1, -0.05) is 90.1 Å². The largest absolute Gasteiger partial charge is 0.325 e. The molecule has 6 nitrogen and oxygen atoms in total. The second-order valence-electron chi connectivity index (χ2n) is 8.38. The molecule has 2 heterocycles. The minimum Gasteiger partial charge on any atom is -0.325 e. The van der Waals surface area contributed by atoms with E-state index in [0.29, 0.717) is 17.5 Å². The predicted octanol–water partition coefficient (Wildman–Crippen LogP) is 6.17. The van der Waals surface area contributed by atoms with E-state index < -0.39 is 5.25 Å². The van der Waals surface area contributed by atoms with Gasteiger partial charge in [0, 0.05) is 23.6 Å². The number of benzene rings is 3. The average Bonchev–Trinajstić information content (AvgIpc) is 3.32. The summed E-state index contributed by atoms with van der Waals surface area (Å²) in [6.45, 7) is 2.59. The van der Waals surface area contributed by atoms with Gasteiger partial charge in [-0.2, -0.15) is 0 Å². The van der Waals surface area contributed by atoms with Crippen LogP contribution in [0, 0.1) is 6.92 Å². The Balaban J connectivity index is 1.51. The van der Waals surface area contributed by atoms with Crippen LogP contribution in [0.5, 0.6) is 0 Å². The zero-order valence-electron chi connectivity index (χ0n) is 19.8. The molecule has 0 spiro atoms. The summed E-state index contributed by atoms with van der Waals surface area (Å²) in [5, 5.41) is 12.2. The van der Waals surface area contributed by atoms with Crippen molar-refractivity contribution >= 4 is 23.4 Å². The van der Waals surface area contributed by atoms with Crippen molar-refractivity contribution in [1.29, 1.82) is 0 Å². The van der Waals surface area contributed by atoms with Crippen LogP contribution in [0.1, 0.15) is 21.9 Å². The number of rotatable bonds is 8. The third-order valence-corrected chi connectivity index (χ3v) is 6.94. The fourth-order valence-electron chi connectivity index (χ4n) is 3.84. The molecule has 178 valence electrons. The Kier molecular flexibility index (Phi) is 7.19. The normalized spacial score (nSPS) is 11.7. The van der Waals surface area contributed by atoms with Crippen molar-refractivity contribution in [3.63, 3.8) is 0 Å². The number of carbonyl (C=O) groups excluding carboxylic acids is 1. The fourth-order valence-corrected chi connectivity index (χ4v) is 4.88. The summed E-state index contributed by atoms with van der Waals surface area (Å²) in [6.07, 6.45) is 3.51. The average molecular weight is 492 g/mol. The molecule has 5 rings (SSSR count). The quantitative estimate of drug-likeness (QED) is 0.263. The van der Waals surface area contributed by atoms with E-state index >= 15 is 0 Å². The number of aryl methyl sites for hydroxylation is 1. The van der Waals surface area contributed by atoms with Crippen LogP contribution in [-0.2, 0) is 11.3 Å². The molecule has 36 heavy (non-hydrogen) atoms. The highest BCUT2D eigenvalue weighted by Crippen LogP contribution is 2.37. The van der Waals surface area contributed by atoms with Gasteiger partial charge < -0.3 is 5.32 Å². The standard InChI is InChI=1S/C29H25N5OS/c1-21-14-16-25(17-15-21)31-28(35)26(23-11-6-3-7-12-23)36-29-33-32-27(24-13-8-18-30-19-24)34(29)20-22-9-4-2-5-10-22/h2-19,26H,20H2,1H3,(H,31,35). The van der Waals surface area contributed by atoms with Crippen molar-refractivity contribution in [3.8, 4) is 11.4 Å². The van der Waals surface area contributed by atoms with E-state index in [0.717, 1.165) is 27.9 Å². The van der Waals surface area contributed by atoms with Crippen LogP contribution >= 0.6 is 11.8 Å². The molecule has 5 aromatic rings. The molecule has 1 amide bonds. The topological polar surface area (TPSA) is 72.7 Å². The molecule has 0 aliphatic rings. The number of nitrogens with one attached hydrogen (secondary N) is 1. The Labute approximate surface area is 214 Å². The van der Waals surface area contributed by atoms with Crippen molar-refractivity contribution in [3.05, 3.63) is 126 Å². The summed E-state index contributed by atoms with van der Waals surface area (Å²) < 4.78 is 2.05. The lowest BCUT2D eigenvalue weighted by Crippen LogP contribution is -2.19. The van der Waals surface area contributed by atoms with Crippen LogP contribution in [0.2, 0.25) is 0 Å². The summed E-state index contributed by atoms with van der Waals surface area (Å²) in [5.41, 5.74) is 4.77. The highest BCUT2D eigenvalue weighted by molar-refractivity contribution is 8.00. The second kappa shape index (κ2) is 11.0. The minimum atomic E-state index is -0.520. The third kappa shape index (κ3) is 5.53. The molecule has 1 N–H and O–H groups in total. The van der Waals surface area contributed by atoms with Gasteiger partial charge in [0.15, 0.2) is 11.0 Å². The monoisotopic (exact) mass is 491 g/mol. The molecule has 1 unspecified atom stereocenters. The van der Waals surface area contributed by atoms with Crippen LogP contribution in [0.15, 0.2) is 115 Å². The number of carbonyl (C=O) groups is 1. The van der Waals surface area contributed by atoms with Crippen LogP contribution < -0.4 is 5.32 Å². The summed E-state index contributed by atoms with van der Waals surface area (Å²) in [4.78, 5) is 17.8. The molecule has 0 saturated heterocycles. The number of anilines is 1. The molecule has 0 radical (unpaired) electrons. The van der Waals surface area contributed by atoms with Gasteiger partial charge in [0.1, 0.15) is 5.25 Å². The van der Waals surface area contributed by atoms with E-state index in [1.165, 1.54) is 11.8 Å². The number of thioether (sulfide) groups is 1. The van der Waals surface area contributed by atoms with E-state index in [4.69, 9.17) is 0 Å². The maximum atomic E-state index is 13.5. The first-order valence-corrected chi connectivity index (χ1v) is 12.5. The first-order valence-electron chi connectivity index (χ1n) is 11.6. The lowest BCUT2D eigenvalue weighted by molar-refractivity contribution is -0.115. The van der Waals surface area contributed by atoms with Crippen LogP contribution in [0.3, 0.4) is 0 Å². The van der Waals surface area contributed by atoms with Gasteiger partial charge >= 0.3 is 0 Å². The molecule has 1 atom stereocenters. The number of hydrogen-bond donors (Lipinski definition) is 1. The first kappa shape index (κ1) is 23.5. The second-order valence-corrected chi connectivity index (χ2v) is 9.46. The Morgan fingerprint density at radius 1 is 0.889 bits per heavy atom. The maximum absolute atomic E-state index is 13.5. The van der Waals surface area contributed by atoms with Gasteiger partial charge in [-0.25, -0.2) is 0 Å². The summed E-state index contributed by atoms with van der Waals surface area (Å²) in [7, 11) is 0. The lowest BCUT2D eigenvalue weighted by Gasteiger charge is -2.18. The van der Waals surface area contributed by atoms with Crippen LogP contribution in [0.4, 0.5) is 5.69 Å². The first-order chi connectivity index (χ1) is 17.7. The highest BCUT2D eigenvalue weighted by atomic mass is 32.2. The van der Waals surface area contributed by atoms with Crippen molar-refractivity contribution in [1.82, 2.24) is 19.7 Å². The van der Waals surface area contributed by atoms with Crippen molar-refractivity contribution < 1.29 is 4.79 Å². The van der Waals surface area contributed by atoms with Crippen molar-refractivity contribution in [2.45, 2.75) is 23.9 Å². The summed E-state index contributed by atoms with van der Waals surface area (Å²) in [5.74, 6) is 0.590. The van der Waals surface area contributed by atoms with E-state index in [-0.39, 0.29) is 5.91 Å². The van der Waals surface area contributed by atoms with Gasteiger partial charge in [0.05, 0.1) is 6.54 Å². The van der Waals surface area contributed by atoms with Gasteiger partial charge in [-0.05, 0) is 42.3 Å². The van der Waals surface area contributed by atoms with E-state index in [1.807, 2.05) is 96.4 Å². The number of hydrogen-bond acceptors (Lipinski definition) is 5. The number of nitrogens with zero attached hydrogens (tertiary/aromatic N) is 4. The molecule has 7 heteroatoms. The summed E-state index contributed by atoms with van der Waals surface area (Å²) in [6, 6.07) is 31.6. The predicted molar refractivity (Wildman–Crippen MR) is 144 cm³/mol. The molecular formula is C29H25N5OS. The number of aromatic nitrogens is 4. The van der Waals surface area contributed by atoms with Crippen molar-refractivity contribution in [2.24, 2.45) is 0 Å². The Bertz CT molecular complexity index is 1420. The Morgan fingerprint density at radius 3 is 2.31 bits per heavy atom. The zero-order valence-corrected chi connectivity index (χ0v) is 20.6. The SMILES string of the molecule is Cc1ccc(NC(=O)C(Sc2nnc(-c3cccnc3)n2Cc2ccccc2)c2ccccc2)cc1. The number of pyridine rings is 1. The molecule has 0 saturated carbocycles. The van der Waals surface area contributed by atoms with E-state index in [1.54, 1.807) is 12.4 Å². The molecule has 2 aromatic heterocycles. The molecular weight excluding hydrogens is 466 g/mol. The van der Waals surface area contributed by atoms with Crippen LogP contribution in [-0.4, -0.2) is 25.7 Å². The van der Waals surface area contributed by atoms with Gasteiger partial charge in [0.2, 0.25) is 5.91 Å². The molecule has 0 bridgehead atoms. The molecule has 3 aromatic carbocycles. The minimum absolute atomic E-state index is 0.118. The van der Waals surface area contributed by atoms with E-state index in [2.05, 4.69) is 32.6 Å².